The first kappa shape index (κ1) is 16.0. The molecule has 0 aliphatic heterocycles. The van der Waals surface area contributed by atoms with E-state index in [2.05, 4.69) is 10.1 Å². The number of pyridine rings is 1. The molecule has 0 radical (unpaired) electrons. The lowest BCUT2D eigenvalue weighted by atomic mass is 10.2. The first-order valence-corrected chi connectivity index (χ1v) is 6.85. The second-order valence-corrected chi connectivity index (χ2v) is 4.94. The van der Waals surface area contributed by atoms with Gasteiger partial charge in [-0.25, -0.2) is 4.39 Å². The number of rotatable bonds is 4. The maximum absolute atomic E-state index is 12.9. The highest BCUT2D eigenvalue weighted by atomic mass is 19.1. The maximum atomic E-state index is 12.9. The standard InChI is InChI=1S/C15H8FN5O4/c16-11-3-1-9(2-4-11)14-18-13(19-25-14)8-20-7-12(21(23)24)5-10(6-17)15(20)22/h1-5,7H,8H2. The van der Waals surface area contributed by atoms with Crippen molar-refractivity contribution in [2.75, 3.05) is 0 Å². The second-order valence-electron chi connectivity index (χ2n) is 4.94. The lowest BCUT2D eigenvalue weighted by Gasteiger charge is -2.02. The topological polar surface area (TPSA) is 128 Å². The lowest BCUT2D eigenvalue weighted by Crippen LogP contribution is -2.23. The number of nitriles is 1. The van der Waals surface area contributed by atoms with Crippen LogP contribution >= 0.6 is 0 Å². The van der Waals surface area contributed by atoms with Crippen LogP contribution in [0.4, 0.5) is 10.1 Å². The van der Waals surface area contributed by atoms with Crippen LogP contribution < -0.4 is 5.56 Å². The number of benzene rings is 1. The molecule has 0 unspecified atom stereocenters. The Hall–Kier alpha value is -3.87. The van der Waals surface area contributed by atoms with Crippen LogP contribution in [0.15, 0.2) is 45.8 Å². The summed E-state index contributed by atoms with van der Waals surface area (Å²) in [5.74, 6) is -0.240. The van der Waals surface area contributed by atoms with Crippen LogP contribution in [0.1, 0.15) is 11.4 Å². The van der Waals surface area contributed by atoms with Crippen LogP contribution in [0.3, 0.4) is 0 Å². The largest absolute Gasteiger partial charge is 0.334 e. The molecule has 0 saturated heterocycles. The molecule has 0 amide bonds. The van der Waals surface area contributed by atoms with Gasteiger partial charge in [-0.05, 0) is 24.3 Å². The third-order valence-electron chi connectivity index (χ3n) is 3.27. The molecule has 10 heteroatoms. The van der Waals surface area contributed by atoms with E-state index in [-0.39, 0.29) is 23.8 Å². The molecule has 2 aromatic heterocycles. The van der Waals surface area contributed by atoms with Gasteiger partial charge in [0.2, 0.25) is 0 Å². The Morgan fingerprint density at radius 3 is 2.72 bits per heavy atom. The van der Waals surface area contributed by atoms with Crippen molar-refractivity contribution in [3.05, 3.63) is 74.2 Å². The molecule has 0 atom stereocenters. The highest BCUT2D eigenvalue weighted by Gasteiger charge is 2.16. The van der Waals surface area contributed by atoms with Gasteiger partial charge in [-0.2, -0.15) is 10.2 Å². The van der Waals surface area contributed by atoms with E-state index < -0.39 is 22.0 Å². The second kappa shape index (κ2) is 6.32. The SMILES string of the molecule is N#Cc1cc([N+](=O)[O-])cn(Cc2noc(-c3ccc(F)cc3)n2)c1=O. The van der Waals surface area contributed by atoms with E-state index >= 15 is 0 Å². The Morgan fingerprint density at radius 1 is 1.36 bits per heavy atom. The molecule has 9 nitrogen and oxygen atoms in total. The molecule has 3 aromatic rings. The monoisotopic (exact) mass is 341 g/mol. The number of halogens is 1. The van der Waals surface area contributed by atoms with Crippen LogP contribution in [0.2, 0.25) is 0 Å². The minimum atomic E-state index is -0.711. The molecule has 1 aromatic carbocycles. The molecule has 0 aliphatic carbocycles. The third kappa shape index (κ3) is 3.25. The molecular formula is C15H8FN5O4. The van der Waals surface area contributed by atoms with Gasteiger partial charge in [0.05, 0.1) is 17.7 Å². The van der Waals surface area contributed by atoms with Gasteiger partial charge < -0.3 is 4.52 Å². The van der Waals surface area contributed by atoms with E-state index in [1.807, 2.05) is 0 Å². The molecule has 124 valence electrons. The highest BCUT2D eigenvalue weighted by Crippen LogP contribution is 2.18. The lowest BCUT2D eigenvalue weighted by molar-refractivity contribution is -0.385. The Kier molecular flexibility index (Phi) is 4.05. The number of nitrogens with zero attached hydrogens (tertiary/aromatic N) is 5. The summed E-state index contributed by atoms with van der Waals surface area (Å²) in [6.45, 7) is -0.222. The molecule has 25 heavy (non-hydrogen) atoms. The van der Waals surface area contributed by atoms with Gasteiger partial charge in [0, 0.05) is 11.6 Å². The van der Waals surface area contributed by atoms with Gasteiger partial charge in [0.1, 0.15) is 17.4 Å². The minimum Gasteiger partial charge on any atom is -0.334 e. The van der Waals surface area contributed by atoms with E-state index in [1.165, 1.54) is 24.3 Å². The van der Waals surface area contributed by atoms with Crippen LogP contribution in [0.5, 0.6) is 0 Å². The Balaban J connectivity index is 1.94. The maximum Gasteiger partial charge on any atom is 0.287 e. The van der Waals surface area contributed by atoms with Gasteiger partial charge in [-0.1, -0.05) is 5.16 Å². The Bertz CT molecular complexity index is 1050. The number of aromatic nitrogens is 3. The first-order chi connectivity index (χ1) is 12.0. The van der Waals surface area contributed by atoms with Gasteiger partial charge in [-0.3, -0.25) is 19.5 Å². The van der Waals surface area contributed by atoms with Crippen LogP contribution in [-0.2, 0) is 6.54 Å². The molecule has 0 spiro atoms. The molecule has 0 fully saturated rings. The van der Waals surface area contributed by atoms with E-state index in [0.29, 0.717) is 5.56 Å². The molecule has 0 aliphatic rings. The minimum absolute atomic E-state index is 0.0748. The number of hydrogen-bond donors (Lipinski definition) is 0. The zero-order chi connectivity index (χ0) is 18.0. The van der Waals surface area contributed by atoms with Crippen molar-refractivity contribution >= 4 is 5.69 Å². The van der Waals surface area contributed by atoms with Crippen LogP contribution in [-0.4, -0.2) is 19.6 Å². The van der Waals surface area contributed by atoms with Crippen LogP contribution in [0, 0.1) is 27.3 Å². The fraction of sp³-hybridized carbons (Fsp3) is 0.0667. The summed E-state index contributed by atoms with van der Waals surface area (Å²) in [7, 11) is 0. The molecule has 2 heterocycles. The van der Waals surface area contributed by atoms with E-state index in [9.17, 15) is 19.3 Å². The van der Waals surface area contributed by atoms with Crippen molar-refractivity contribution in [1.82, 2.24) is 14.7 Å². The van der Waals surface area contributed by atoms with Gasteiger partial charge in [0.25, 0.3) is 17.1 Å². The summed E-state index contributed by atoms with van der Waals surface area (Å²) in [5, 5.41) is 23.5. The predicted molar refractivity (Wildman–Crippen MR) is 80.9 cm³/mol. The average Bonchev–Trinajstić information content (AvgIpc) is 3.05. The van der Waals surface area contributed by atoms with Crippen molar-refractivity contribution in [1.29, 1.82) is 5.26 Å². The van der Waals surface area contributed by atoms with Crippen molar-refractivity contribution < 1.29 is 13.8 Å². The fourth-order valence-corrected chi connectivity index (χ4v) is 2.10. The number of nitro groups is 1. The van der Waals surface area contributed by atoms with Gasteiger partial charge in [-0.15, -0.1) is 0 Å². The highest BCUT2D eigenvalue weighted by molar-refractivity contribution is 5.52. The molecule has 3 rings (SSSR count). The van der Waals surface area contributed by atoms with E-state index in [0.717, 1.165) is 16.8 Å². The first-order valence-electron chi connectivity index (χ1n) is 6.85. The molecular weight excluding hydrogens is 333 g/mol. The summed E-state index contributed by atoms with van der Waals surface area (Å²) in [6.07, 6.45) is 0.997. The number of hydrogen-bond acceptors (Lipinski definition) is 7. The smallest absolute Gasteiger partial charge is 0.287 e. The molecule has 0 N–H and O–H groups in total. The molecule has 0 bridgehead atoms. The molecule has 0 saturated carbocycles. The summed E-state index contributed by atoms with van der Waals surface area (Å²) in [4.78, 5) is 26.3. The summed E-state index contributed by atoms with van der Waals surface area (Å²) < 4.78 is 18.9. The average molecular weight is 341 g/mol. The fourth-order valence-electron chi connectivity index (χ4n) is 2.10. The van der Waals surface area contributed by atoms with E-state index in [1.54, 1.807) is 6.07 Å². The predicted octanol–water partition coefficient (Wildman–Crippen LogP) is 1.87. The van der Waals surface area contributed by atoms with Gasteiger partial charge in [0.15, 0.2) is 5.82 Å². The van der Waals surface area contributed by atoms with Crippen molar-refractivity contribution in [3.8, 4) is 17.5 Å². The summed E-state index contributed by atoms with van der Waals surface area (Å²) in [5.41, 5.74) is -1.000. The zero-order valence-electron chi connectivity index (χ0n) is 12.4. The summed E-state index contributed by atoms with van der Waals surface area (Å²) in [6, 6.07) is 7.86. The van der Waals surface area contributed by atoms with Crippen molar-refractivity contribution in [2.24, 2.45) is 0 Å². The Labute approximate surface area is 138 Å². The Morgan fingerprint density at radius 2 is 2.08 bits per heavy atom. The quantitative estimate of drug-likeness (QED) is 0.523. The van der Waals surface area contributed by atoms with Crippen molar-refractivity contribution in [3.63, 3.8) is 0 Å². The normalized spacial score (nSPS) is 10.4. The third-order valence-corrected chi connectivity index (χ3v) is 3.27. The van der Waals surface area contributed by atoms with Crippen molar-refractivity contribution in [2.45, 2.75) is 6.54 Å². The van der Waals surface area contributed by atoms with Gasteiger partial charge >= 0.3 is 0 Å². The van der Waals surface area contributed by atoms with Crippen LogP contribution in [0.25, 0.3) is 11.5 Å². The summed E-state index contributed by atoms with van der Waals surface area (Å²) >= 11 is 0. The zero-order valence-corrected chi connectivity index (χ0v) is 12.4. The van der Waals surface area contributed by atoms with E-state index in [4.69, 9.17) is 9.78 Å².